The van der Waals surface area contributed by atoms with Crippen molar-refractivity contribution in [1.29, 1.82) is 0 Å². The van der Waals surface area contributed by atoms with Crippen LogP contribution in [0.25, 0.3) is 0 Å². The molecular weight excluding hydrogens is 297 g/mol. The number of benzene rings is 2. The Morgan fingerprint density at radius 3 is 2.65 bits per heavy atom. The zero-order chi connectivity index (χ0) is 14.7. The van der Waals surface area contributed by atoms with Crippen LogP contribution in [0.2, 0.25) is 10.0 Å². The number of rotatable bonds is 2. The highest BCUT2D eigenvalue weighted by atomic mass is 35.5. The third-order valence-corrected chi connectivity index (χ3v) is 3.30. The zero-order valence-electron chi connectivity index (χ0n) is 10.7. The summed E-state index contributed by atoms with van der Waals surface area (Å²) in [5.74, 6) is 0. The zero-order valence-corrected chi connectivity index (χ0v) is 12.2. The Labute approximate surface area is 127 Å². The summed E-state index contributed by atoms with van der Waals surface area (Å²) in [6.45, 7) is 0. The van der Waals surface area contributed by atoms with Gasteiger partial charge in [-0.3, -0.25) is 4.90 Å². The number of carbonyl (C=O) groups excluding carboxylic acids is 1. The Balaban J connectivity index is 2.17. The highest BCUT2D eigenvalue weighted by Gasteiger charge is 2.13. The van der Waals surface area contributed by atoms with Gasteiger partial charge in [0.25, 0.3) is 0 Å². The minimum atomic E-state index is -0.334. The van der Waals surface area contributed by atoms with Gasteiger partial charge in [-0.2, -0.15) is 0 Å². The molecule has 3 N–H and O–H groups in total. The van der Waals surface area contributed by atoms with Crippen LogP contribution < -0.4 is 16.0 Å². The molecule has 0 fully saturated rings. The lowest BCUT2D eigenvalue weighted by molar-refractivity contribution is 0.258. The van der Waals surface area contributed by atoms with E-state index in [-0.39, 0.29) is 6.03 Å². The lowest BCUT2D eigenvalue weighted by Gasteiger charge is -2.19. The number of nitrogens with zero attached hydrogens (tertiary/aromatic N) is 1. The summed E-state index contributed by atoms with van der Waals surface area (Å²) in [5, 5.41) is 3.62. The van der Waals surface area contributed by atoms with Crippen molar-refractivity contribution in [3.8, 4) is 0 Å². The molecule has 20 heavy (non-hydrogen) atoms. The van der Waals surface area contributed by atoms with Crippen LogP contribution >= 0.6 is 23.2 Å². The second kappa shape index (κ2) is 6.03. The molecule has 0 spiro atoms. The van der Waals surface area contributed by atoms with Crippen LogP contribution in [0, 0.1) is 0 Å². The number of hydrogen-bond acceptors (Lipinski definition) is 2. The van der Waals surface area contributed by atoms with Crippen molar-refractivity contribution in [3.05, 3.63) is 52.5 Å². The Kier molecular flexibility index (Phi) is 4.37. The fourth-order valence-electron chi connectivity index (χ4n) is 1.64. The average molecular weight is 310 g/mol. The van der Waals surface area contributed by atoms with Crippen molar-refractivity contribution in [2.75, 3.05) is 23.0 Å². The summed E-state index contributed by atoms with van der Waals surface area (Å²) in [6.07, 6.45) is 0. The van der Waals surface area contributed by atoms with E-state index in [0.717, 1.165) is 0 Å². The van der Waals surface area contributed by atoms with Crippen molar-refractivity contribution in [2.45, 2.75) is 0 Å². The van der Waals surface area contributed by atoms with E-state index in [1.807, 2.05) is 0 Å². The minimum absolute atomic E-state index is 0.334. The summed E-state index contributed by atoms with van der Waals surface area (Å²) in [7, 11) is 1.64. The van der Waals surface area contributed by atoms with Gasteiger partial charge in [-0.15, -0.1) is 0 Å². The normalized spacial score (nSPS) is 10.2. The van der Waals surface area contributed by atoms with Crippen molar-refractivity contribution >= 4 is 46.3 Å². The molecule has 2 amide bonds. The number of nitrogens with two attached hydrogens (primary N) is 1. The van der Waals surface area contributed by atoms with Gasteiger partial charge in [-0.05, 0) is 36.4 Å². The predicted octanol–water partition coefficient (Wildman–Crippen LogP) is 4.24. The van der Waals surface area contributed by atoms with Gasteiger partial charge in [0.1, 0.15) is 0 Å². The summed E-state index contributed by atoms with van der Waals surface area (Å²) in [4.78, 5) is 13.6. The molecule has 6 heteroatoms. The summed E-state index contributed by atoms with van der Waals surface area (Å²) in [5.41, 5.74) is 7.42. The maximum absolute atomic E-state index is 12.2. The van der Waals surface area contributed by atoms with Crippen LogP contribution in [0.15, 0.2) is 42.5 Å². The van der Waals surface area contributed by atoms with E-state index in [1.54, 1.807) is 49.5 Å². The number of nitrogen functional groups attached to an aromatic ring is 1. The lowest BCUT2D eigenvalue weighted by atomic mass is 10.2. The Morgan fingerprint density at radius 1 is 1.20 bits per heavy atom. The van der Waals surface area contributed by atoms with Gasteiger partial charge < -0.3 is 11.1 Å². The summed E-state index contributed by atoms with van der Waals surface area (Å²) < 4.78 is 0. The number of hydrogen-bond donors (Lipinski definition) is 2. The first-order valence-corrected chi connectivity index (χ1v) is 6.58. The van der Waals surface area contributed by atoms with Gasteiger partial charge >= 0.3 is 6.03 Å². The molecular formula is C14H13Cl2N3O. The molecule has 0 saturated heterocycles. The average Bonchev–Trinajstić information content (AvgIpc) is 2.42. The molecule has 2 aromatic carbocycles. The number of amides is 2. The third-order valence-electron chi connectivity index (χ3n) is 2.73. The molecule has 0 bridgehead atoms. The van der Waals surface area contributed by atoms with Gasteiger partial charge in [-0.1, -0.05) is 29.3 Å². The van der Waals surface area contributed by atoms with Crippen molar-refractivity contribution in [2.24, 2.45) is 0 Å². The van der Waals surface area contributed by atoms with Gasteiger partial charge in [0.2, 0.25) is 0 Å². The fraction of sp³-hybridized carbons (Fsp3) is 0.0714. The second-order valence-electron chi connectivity index (χ2n) is 4.21. The Hall–Kier alpha value is -1.91. The first kappa shape index (κ1) is 14.5. The largest absolute Gasteiger partial charge is 0.399 e. The van der Waals surface area contributed by atoms with E-state index in [0.29, 0.717) is 27.1 Å². The molecule has 0 aliphatic rings. The number of halogens is 2. The van der Waals surface area contributed by atoms with Crippen LogP contribution in [0.1, 0.15) is 0 Å². The SMILES string of the molecule is CN(C(=O)Nc1cc(Cl)ccc1Cl)c1cccc(N)c1. The van der Waals surface area contributed by atoms with Crippen molar-refractivity contribution in [3.63, 3.8) is 0 Å². The molecule has 0 unspecified atom stereocenters. The molecule has 0 aromatic heterocycles. The molecule has 0 aliphatic carbocycles. The maximum Gasteiger partial charge on any atom is 0.326 e. The van der Waals surface area contributed by atoms with E-state index < -0.39 is 0 Å². The smallest absolute Gasteiger partial charge is 0.326 e. The van der Waals surface area contributed by atoms with Crippen molar-refractivity contribution in [1.82, 2.24) is 0 Å². The van der Waals surface area contributed by atoms with Crippen molar-refractivity contribution < 1.29 is 4.79 Å². The summed E-state index contributed by atoms with van der Waals surface area (Å²) >= 11 is 11.9. The molecule has 0 heterocycles. The molecule has 0 aliphatic heterocycles. The van der Waals surface area contributed by atoms with E-state index >= 15 is 0 Å². The van der Waals surface area contributed by atoms with Gasteiger partial charge in [0.05, 0.1) is 10.7 Å². The van der Waals surface area contributed by atoms with Crippen LogP contribution in [-0.2, 0) is 0 Å². The second-order valence-corrected chi connectivity index (χ2v) is 5.05. The number of nitrogens with one attached hydrogen (secondary N) is 1. The molecule has 0 saturated carbocycles. The number of urea groups is 1. The summed E-state index contributed by atoms with van der Waals surface area (Å²) in [6, 6.07) is 11.6. The van der Waals surface area contributed by atoms with Crippen LogP contribution in [0.4, 0.5) is 21.9 Å². The minimum Gasteiger partial charge on any atom is -0.399 e. The molecule has 0 radical (unpaired) electrons. The van der Waals surface area contributed by atoms with Gasteiger partial charge in [0, 0.05) is 23.4 Å². The molecule has 0 atom stereocenters. The highest BCUT2D eigenvalue weighted by Crippen LogP contribution is 2.26. The first-order chi connectivity index (χ1) is 9.47. The van der Waals surface area contributed by atoms with Gasteiger partial charge in [0.15, 0.2) is 0 Å². The topological polar surface area (TPSA) is 58.4 Å². The quantitative estimate of drug-likeness (QED) is 0.815. The maximum atomic E-state index is 12.2. The molecule has 104 valence electrons. The third kappa shape index (κ3) is 3.35. The monoisotopic (exact) mass is 309 g/mol. The first-order valence-electron chi connectivity index (χ1n) is 5.82. The van der Waals surface area contributed by atoms with Crippen LogP contribution in [-0.4, -0.2) is 13.1 Å². The Bertz CT molecular complexity index is 646. The molecule has 2 rings (SSSR count). The van der Waals surface area contributed by atoms with Crippen LogP contribution in [0.5, 0.6) is 0 Å². The number of anilines is 3. The standard InChI is InChI=1S/C14H13Cl2N3O/c1-19(11-4-2-3-10(17)8-11)14(20)18-13-7-9(15)5-6-12(13)16/h2-8H,17H2,1H3,(H,18,20). The van der Waals surface area contributed by atoms with Gasteiger partial charge in [-0.25, -0.2) is 4.79 Å². The van der Waals surface area contributed by atoms with E-state index in [2.05, 4.69) is 5.32 Å². The lowest BCUT2D eigenvalue weighted by Crippen LogP contribution is -2.31. The molecule has 2 aromatic rings. The number of carbonyl (C=O) groups is 1. The van der Waals surface area contributed by atoms with E-state index in [4.69, 9.17) is 28.9 Å². The van der Waals surface area contributed by atoms with E-state index in [9.17, 15) is 4.79 Å². The highest BCUT2D eigenvalue weighted by molar-refractivity contribution is 6.35. The fourth-order valence-corrected chi connectivity index (χ4v) is 1.98. The Morgan fingerprint density at radius 2 is 1.95 bits per heavy atom. The van der Waals surface area contributed by atoms with E-state index in [1.165, 1.54) is 4.90 Å². The molecule has 4 nitrogen and oxygen atoms in total. The predicted molar refractivity (Wildman–Crippen MR) is 84.7 cm³/mol. The van der Waals surface area contributed by atoms with Crippen LogP contribution in [0.3, 0.4) is 0 Å².